The number of rotatable bonds is 3. The number of benzene rings is 1. The standard InChI is InChI=1S/C18H15F2N3O/c19-14-5-2-1-4-13(14)12-8-16-18(21-9-12)15(20)10-23(16)11-17(24)22-6-3-7-22/h1-2,4-5,8-10H,3,6-7,11H2. The number of amides is 1. The van der Waals surface area contributed by atoms with E-state index in [1.54, 1.807) is 33.7 Å². The van der Waals surface area contributed by atoms with Gasteiger partial charge in [0.05, 0.1) is 5.52 Å². The van der Waals surface area contributed by atoms with Crippen LogP contribution in [0.15, 0.2) is 42.7 Å². The third kappa shape index (κ3) is 2.44. The molecule has 0 radical (unpaired) electrons. The molecule has 1 saturated heterocycles. The molecule has 6 heteroatoms. The topological polar surface area (TPSA) is 38.1 Å². The molecule has 1 aliphatic heterocycles. The number of hydrogen-bond acceptors (Lipinski definition) is 2. The molecule has 3 heterocycles. The summed E-state index contributed by atoms with van der Waals surface area (Å²) in [5.74, 6) is -0.898. The number of nitrogens with zero attached hydrogens (tertiary/aromatic N) is 3. The predicted molar refractivity (Wildman–Crippen MR) is 86.3 cm³/mol. The minimum Gasteiger partial charge on any atom is -0.341 e. The molecule has 4 nitrogen and oxygen atoms in total. The molecule has 0 N–H and O–H groups in total. The van der Waals surface area contributed by atoms with Gasteiger partial charge in [0.25, 0.3) is 0 Å². The Balaban J connectivity index is 1.76. The third-order valence-corrected chi connectivity index (χ3v) is 4.37. The molecule has 0 atom stereocenters. The fourth-order valence-corrected chi connectivity index (χ4v) is 2.91. The van der Waals surface area contributed by atoms with Gasteiger partial charge in [-0.1, -0.05) is 18.2 Å². The first-order chi connectivity index (χ1) is 11.6. The van der Waals surface area contributed by atoms with E-state index < -0.39 is 5.82 Å². The van der Waals surface area contributed by atoms with E-state index in [-0.39, 0.29) is 23.8 Å². The van der Waals surface area contributed by atoms with Gasteiger partial charge >= 0.3 is 0 Å². The fraction of sp³-hybridized carbons (Fsp3) is 0.222. The van der Waals surface area contributed by atoms with E-state index in [0.29, 0.717) is 16.6 Å². The third-order valence-electron chi connectivity index (χ3n) is 4.37. The van der Waals surface area contributed by atoms with Crippen molar-refractivity contribution < 1.29 is 13.6 Å². The molecule has 24 heavy (non-hydrogen) atoms. The van der Waals surface area contributed by atoms with Crippen molar-refractivity contribution in [3.63, 3.8) is 0 Å². The van der Waals surface area contributed by atoms with Crippen LogP contribution in [0.3, 0.4) is 0 Å². The maximum Gasteiger partial charge on any atom is 0.242 e. The van der Waals surface area contributed by atoms with Crippen LogP contribution in [0.4, 0.5) is 8.78 Å². The molecular weight excluding hydrogens is 312 g/mol. The molecule has 0 saturated carbocycles. The molecule has 4 rings (SSSR count). The van der Waals surface area contributed by atoms with Gasteiger partial charge in [0.2, 0.25) is 5.91 Å². The van der Waals surface area contributed by atoms with Gasteiger partial charge in [-0.3, -0.25) is 9.78 Å². The van der Waals surface area contributed by atoms with Crippen molar-refractivity contribution in [3.05, 3.63) is 54.4 Å². The Bertz CT molecular complexity index is 931. The summed E-state index contributed by atoms with van der Waals surface area (Å²) in [6.07, 6.45) is 3.73. The van der Waals surface area contributed by atoms with E-state index in [0.717, 1.165) is 19.5 Å². The van der Waals surface area contributed by atoms with Crippen molar-refractivity contribution in [2.45, 2.75) is 13.0 Å². The number of hydrogen-bond donors (Lipinski definition) is 0. The van der Waals surface area contributed by atoms with Gasteiger partial charge in [0.1, 0.15) is 17.9 Å². The second kappa shape index (κ2) is 5.70. The molecule has 1 aliphatic rings. The molecule has 122 valence electrons. The second-order valence-electron chi connectivity index (χ2n) is 5.91. The molecule has 1 aromatic carbocycles. The van der Waals surface area contributed by atoms with E-state index in [1.165, 1.54) is 18.5 Å². The van der Waals surface area contributed by atoms with Gasteiger partial charge in [-0.05, 0) is 18.6 Å². The summed E-state index contributed by atoms with van der Waals surface area (Å²) in [5.41, 5.74) is 1.62. The first-order valence-corrected chi connectivity index (χ1v) is 7.80. The lowest BCUT2D eigenvalue weighted by atomic mass is 10.1. The van der Waals surface area contributed by atoms with Crippen LogP contribution in [0.1, 0.15) is 6.42 Å². The zero-order valence-corrected chi connectivity index (χ0v) is 12.9. The van der Waals surface area contributed by atoms with Gasteiger partial charge < -0.3 is 9.47 Å². The highest BCUT2D eigenvalue weighted by molar-refractivity contribution is 5.84. The van der Waals surface area contributed by atoms with Gasteiger partial charge in [-0.2, -0.15) is 0 Å². The number of carbonyl (C=O) groups excluding carboxylic acids is 1. The second-order valence-corrected chi connectivity index (χ2v) is 5.91. The number of aromatic nitrogens is 2. The van der Waals surface area contributed by atoms with Crippen LogP contribution < -0.4 is 0 Å². The van der Waals surface area contributed by atoms with Gasteiger partial charge in [-0.25, -0.2) is 8.78 Å². The normalized spacial score (nSPS) is 14.0. The first kappa shape index (κ1) is 14.8. The SMILES string of the molecule is O=C(Cn1cc(F)c2ncc(-c3ccccc3F)cc21)N1CCC1. The van der Waals surface area contributed by atoms with Crippen molar-refractivity contribution in [1.29, 1.82) is 0 Å². The summed E-state index contributed by atoms with van der Waals surface area (Å²) >= 11 is 0. The Labute approximate surface area is 137 Å². The van der Waals surface area contributed by atoms with Crippen molar-refractivity contribution in [2.75, 3.05) is 13.1 Å². The van der Waals surface area contributed by atoms with Crippen molar-refractivity contribution in [1.82, 2.24) is 14.5 Å². The zero-order chi connectivity index (χ0) is 16.7. The maximum absolute atomic E-state index is 14.1. The zero-order valence-electron chi connectivity index (χ0n) is 12.9. The van der Waals surface area contributed by atoms with Crippen LogP contribution in [-0.2, 0) is 11.3 Å². The Hall–Kier alpha value is -2.76. The molecule has 0 unspecified atom stereocenters. The molecule has 0 spiro atoms. The largest absolute Gasteiger partial charge is 0.341 e. The number of fused-ring (bicyclic) bond motifs is 1. The van der Waals surface area contributed by atoms with Crippen LogP contribution in [0.25, 0.3) is 22.2 Å². The fourth-order valence-electron chi connectivity index (χ4n) is 2.91. The van der Waals surface area contributed by atoms with Crippen LogP contribution >= 0.6 is 0 Å². The number of likely N-dealkylation sites (tertiary alicyclic amines) is 1. The Kier molecular flexibility index (Phi) is 3.52. The number of halogens is 2. The Morgan fingerprint density at radius 1 is 1.17 bits per heavy atom. The number of carbonyl (C=O) groups is 1. The quantitative estimate of drug-likeness (QED) is 0.741. The maximum atomic E-state index is 14.1. The highest BCUT2D eigenvalue weighted by atomic mass is 19.1. The molecule has 3 aromatic rings. The Morgan fingerprint density at radius 3 is 2.67 bits per heavy atom. The molecule has 0 bridgehead atoms. The lowest BCUT2D eigenvalue weighted by Crippen LogP contribution is -2.43. The smallest absolute Gasteiger partial charge is 0.242 e. The molecule has 1 fully saturated rings. The summed E-state index contributed by atoms with van der Waals surface area (Å²) in [7, 11) is 0. The van der Waals surface area contributed by atoms with Gasteiger partial charge in [-0.15, -0.1) is 0 Å². The minimum absolute atomic E-state index is 0.0468. The first-order valence-electron chi connectivity index (χ1n) is 7.80. The van der Waals surface area contributed by atoms with Crippen molar-refractivity contribution >= 4 is 16.9 Å². The summed E-state index contributed by atoms with van der Waals surface area (Å²) in [6.45, 7) is 1.56. The number of pyridine rings is 1. The van der Waals surface area contributed by atoms with E-state index in [9.17, 15) is 13.6 Å². The molecular formula is C18H15F2N3O. The monoisotopic (exact) mass is 327 g/mol. The highest BCUT2D eigenvalue weighted by Gasteiger charge is 2.22. The average Bonchev–Trinajstić information content (AvgIpc) is 2.82. The summed E-state index contributed by atoms with van der Waals surface area (Å²) in [6, 6.07) is 8.03. The van der Waals surface area contributed by atoms with Crippen molar-refractivity contribution in [2.24, 2.45) is 0 Å². The van der Waals surface area contributed by atoms with Crippen LogP contribution in [-0.4, -0.2) is 33.4 Å². The van der Waals surface area contributed by atoms with Crippen molar-refractivity contribution in [3.8, 4) is 11.1 Å². The molecule has 2 aromatic heterocycles. The molecule has 0 aliphatic carbocycles. The van der Waals surface area contributed by atoms with Gasteiger partial charge in [0, 0.05) is 36.6 Å². The predicted octanol–water partition coefficient (Wildman–Crippen LogP) is 3.21. The minimum atomic E-state index is -0.485. The average molecular weight is 327 g/mol. The Morgan fingerprint density at radius 2 is 1.96 bits per heavy atom. The van der Waals surface area contributed by atoms with Gasteiger partial charge in [0.15, 0.2) is 5.82 Å². The summed E-state index contributed by atoms with van der Waals surface area (Å²) in [4.78, 5) is 18.0. The van der Waals surface area contributed by atoms with E-state index in [1.807, 2.05) is 0 Å². The van der Waals surface area contributed by atoms with Crippen LogP contribution in [0.2, 0.25) is 0 Å². The van der Waals surface area contributed by atoms with E-state index >= 15 is 0 Å². The summed E-state index contributed by atoms with van der Waals surface area (Å²) in [5, 5.41) is 0. The lowest BCUT2D eigenvalue weighted by Gasteiger charge is -2.31. The van der Waals surface area contributed by atoms with E-state index in [2.05, 4.69) is 4.98 Å². The van der Waals surface area contributed by atoms with Crippen LogP contribution in [0.5, 0.6) is 0 Å². The summed E-state index contributed by atoms with van der Waals surface area (Å²) < 4.78 is 29.6. The highest BCUT2D eigenvalue weighted by Crippen LogP contribution is 2.27. The van der Waals surface area contributed by atoms with Crippen LogP contribution in [0, 0.1) is 11.6 Å². The molecule has 1 amide bonds. The van der Waals surface area contributed by atoms with E-state index in [4.69, 9.17) is 0 Å². The lowest BCUT2D eigenvalue weighted by molar-refractivity contribution is -0.135.